The Labute approximate surface area is 164 Å². The maximum atomic E-state index is 12.1. The summed E-state index contributed by atoms with van der Waals surface area (Å²) in [5.41, 5.74) is 1.89. The first-order valence-electron chi connectivity index (χ1n) is 8.94. The second kappa shape index (κ2) is 11.4. The number of methoxy groups -OCH3 is 1. The molecule has 0 aliphatic heterocycles. The van der Waals surface area contributed by atoms with E-state index in [1.165, 1.54) is 7.11 Å². The van der Waals surface area contributed by atoms with Crippen LogP contribution in [-0.4, -0.2) is 37.7 Å². The topological polar surface area (TPSA) is 93.7 Å². The summed E-state index contributed by atoms with van der Waals surface area (Å²) in [6, 6.07) is 18.0. The van der Waals surface area contributed by atoms with Crippen LogP contribution in [0.5, 0.6) is 0 Å². The van der Waals surface area contributed by atoms with Gasteiger partial charge in [-0.2, -0.15) is 0 Å². The summed E-state index contributed by atoms with van der Waals surface area (Å²) < 4.78 is 9.78. The van der Waals surface area contributed by atoms with Crippen LogP contribution in [0.3, 0.4) is 0 Å². The van der Waals surface area contributed by atoms with Crippen LogP contribution in [-0.2, 0) is 32.1 Å². The molecule has 0 heterocycles. The molecule has 0 fully saturated rings. The Morgan fingerprint density at radius 2 is 1.54 bits per heavy atom. The lowest BCUT2D eigenvalue weighted by molar-refractivity contribution is -0.145. The van der Waals surface area contributed by atoms with E-state index >= 15 is 0 Å². The average molecular weight is 384 g/mol. The number of carbonyl (C=O) groups is 3. The number of nitrogens with one attached hydrogen (secondary N) is 2. The fraction of sp³-hybridized carbons (Fsp3) is 0.286. The van der Waals surface area contributed by atoms with Gasteiger partial charge in [-0.1, -0.05) is 60.7 Å². The van der Waals surface area contributed by atoms with Crippen molar-refractivity contribution in [3.05, 3.63) is 71.8 Å². The van der Waals surface area contributed by atoms with Crippen LogP contribution in [0.2, 0.25) is 0 Å². The lowest BCUT2D eigenvalue weighted by Gasteiger charge is -2.16. The molecule has 7 nitrogen and oxygen atoms in total. The van der Waals surface area contributed by atoms with E-state index in [1.807, 2.05) is 60.7 Å². The van der Waals surface area contributed by atoms with Gasteiger partial charge in [0.1, 0.15) is 19.2 Å². The van der Waals surface area contributed by atoms with Gasteiger partial charge in [0.05, 0.1) is 7.11 Å². The van der Waals surface area contributed by atoms with Crippen molar-refractivity contribution in [1.29, 1.82) is 0 Å². The van der Waals surface area contributed by atoms with Crippen LogP contribution in [0.4, 0.5) is 4.79 Å². The maximum Gasteiger partial charge on any atom is 0.407 e. The van der Waals surface area contributed by atoms with E-state index in [9.17, 15) is 14.4 Å². The number of amides is 2. The van der Waals surface area contributed by atoms with Crippen molar-refractivity contribution in [2.75, 3.05) is 13.7 Å². The molecule has 0 unspecified atom stereocenters. The molecule has 0 spiro atoms. The molecule has 2 rings (SSSR count). The minimum Gasteiger partial charge on any atom is -0.467 e. The number of rotatable bonds is 9. The summed E-state index contributed by atoms with van der Waals surface area (Å²) in [6.07, 6.45) is 0.284. The Balaban J connectivity index is 1.75. The summed E-state index contributed by atoms with van der Waals surface area (Å²) >= 11 is 0. The predicted molar refractivity (Wildman–Crippen MR) is 103 cm³/mol. The van der Waals surface area contributed by atoms with Crippen molar-refractivity contribution in [1.82, 2.24) is 10.6 Å². The third kappa shape index (κ3) is 7.49. The molecule has 0 aliphatic rings. The van der Waals surface area contributed by atoms with Gasteiger partial charge in [0.25, 0.3) is 0 Å². The average Bonchev–Trinajstić information content (AvgIpc) is 2.74. The van der Waals surface area contributed by atoms with Gasteiger partial charge in [0.2, 0.25) is 5.91 Å². The molecule has 0 aromatic heterocycles. The second-order valence-corrected chi connectivity index (χ2v) is 6.08. The van der Waals surface area contributed by atoms with E-state index in [0.29, 0.717) is 12.8 Å². The van der Waals surface area contributed by atoms with Gasteiger partial charge in [0.15, 0.2) is 0 Å². The van der Waals surface area contributed by atoms with E-state index in [-0.39, 0.29) is 13.2 Å². The molecule has 2 aromatic carbocycles. The first-order valence-corrected chi connectivity index (χ1v) is 8.94. The van der Waals surface area contributed by atoms with E-state index < -0.39 is 24.0 Å². The summed E-state index contributed by atoms with van der Waals surface area (Å²) in [5, 5.41) is 4.95. The highest BCUT2D eigenvalue weighted by molar-refractivity contribution is 5.87. The molecule has 0 radical (unpaired) electrons. The van der Waals surface area contributed by atoms with Gasteiger partial charge < -0.3 is 20.1 Å². The quantitative estimate of drug-likeness (QED) is 0.647. The molecule has 0 saturated heterocycles. The van der Waals surface area contributed by atoms with E-state index in [1.54, 1.807) is 0 Å². The van der Waals surface area contributed by atoms with Crippen molar-refractivity contribution >= 4 is 18.0 Å². The third-order valence-electron chi connectivity index (χ3n) is 3.99. The van der Waals surface area contributed by atoms with Gasteiger partial charge in [-0.05, 0) is 24.0 Å². The fourth-order valence-electron chi connectivity index (χ4n) is 2.52. The number of benzene rings is 2. The second-order valence-electron chi connectivity index (χ2n) is 6.08. The minimum absolute atomic E-state index is 0.107. The van der Waals surface area contributed by atoms with E-state index in [4.69, 9.17) is 9.47 Å². The predicted octanol–water partition coefficient (Wildman–Crippen LogP) is 2.20. The Bertz CT molecular complexity index is 765. The van der Waals surface area contributed by atoms with Crippen LogP contribution < -0.4 is 10.6 Å². The summed E-state index contributed by atoms with van der Waals surface area (Å²) in [6.45, 7) is -0.192. The van der Waals surface area contributed by atoms with Crippen LogP contribution in [0.25, 0.3) is 0 Å². The summed E-state index contributed by atoms with van der Waals surface area (Å²) in [5.74, 6) is -1.03. The number of carbonyl (C=O) groups excluding carboxylic acids is 3. The molecular formula is C21H24N2O5. The number of ether oxygens (including phenoxy) is 2. The molecule has 1 atom stereocenters. The Morgan fingerprint density at radius 3 is 2.14 bits per heavy atom. The molecule has 148 valence electrons. The van der Waals surface area contributed by atoms with Gasteiger partial charge in [-0.25, -0.2) is 9.59 Å². The SMILES string of the molecule is COC(=O)[C@H](CCc1ccccc1)NC(=O)CNC(=O)OCc1ccccc1. The molecule has 0 saturated carbocycles. The molecular weight excluding hydrogens is 360 g/mol. The van der Waals surface area contributed by atoms with Gasteiger partial charge in [-0.15, -0.1) is 0 Å². The van der Waals surface area contributed by atoms with Crippen molar-refractivity contribution in [2.24, 2.45) is 0 Å². The Kier molecular flexibility index (Phi) is 8.52. The highest BCUT2D eigenvalue weighted by atomic mass is 16.5. The number of aryl methyl sites for hydroxylation is 1. The van der Waals surface area contributed by atoms with E-state index in [0.717, 1.165) is 11.1 Å². The lowest BCUT2D eigenvalue weighted by Crippen LogP contribution is -2.46. The van der Waals surface area contributed by atoms with Crippen molar-refractivity contribution in [3.63, 3.8) is 0 Å². The maximum absolute atomic E-state index is 12.1. The molecule has 0 bridgehead atoms. The lowest BCUT2D eigenvalue weighted by atomic mass is 10.1. The van der Waals surface area contributed by atoms with Crippen molar-refractivity contribution in [2.45, 2.75) is 25.5 Å². The Morgan fingerprint density at radius 1 is 0.929 bits per heavy atom. The van der Waals surface area contributed by atoms with Gasteiger partial charge in [0, 0.05) is 0 Å². The normalized spacial score (nSPS) is 11.2. The zero-order valence-corrected chi connectivity index (χ0v) is 15.7. The monoisotopic (exact) mass is 384 g/mol. The minimum atomic E-state index is -0.792. The van der Waals surface area contributed by atoms with E-state index in [2.05, 4.69) is 10.6 Å². The summed E-state index contributed by atoms with van der Waals surface area (Å²) in [7, 11) is 1.27. The zero-order valence-electron chi connectivity index (χ0n) is 15.7. The molecule has 28 heavy (non-hydrogen) atoms. The molecule has 2 amide bonds. The first-order chi connectivity index (χ1) is 13.6. The van der Waals surface area contributed by atoms with Crippen LogP contribution >= 0.6 is 0 Å². The smallest absolute Gasteiger partial charge is 0.407 e. The summed E-state index contributed by atoms with van der Waals surface area (Å²) in [4.78, 5) is 35.7. The number of esters is 1. The van der Waals surface area contributed by atoms with Gasteiger partial charge >= 0.3 is 12.1 Å². The molecule has 7 heteroatoms. The highest BCUT2D eigenvalue weighted by Crippen LogP contribution is 2.06. The number of hydrogen-bond acceptors (Lipinski definition) is 5. The largest absolute Gasteiger partial charge is 0.467 e. The number of hydrogen-bond donors (Lipinski definition) is 2. The third-order valence-corrected chi connectivity index (χ3v) is 3.99. The van der Waals surface area contributed by atoms with Crippen molar-refractivity contribution in [3.8, 4) is 0 Å². The van der Waals surface area contributed by atoms with Crippen LogP contribution in [0, 0.1) is 0 Å². The van der Waals surface area contributed by atoms with Crippen molar-refractivity contribution < 1.29 is 23.9 Å². The highest BCUT2D eigenvalue weighted by Gasteiger charge is 2.21. The molecule has 2 N–H and O–H groups in total. The fourth-order valence-corrected chi connectivity index (χ4v) is 2.52. The van der Waals surface area contributed by atoms with Crippen LogP contribution in [0.15, 0.2) is 60.7 Å². The number of alkyl carbamates (subject to hydrolysis) is 1. The molecule has 0 aliphatic carbocycles. The van der Waals surface area contributed by atoms with Crippen LogP contribution in [0.1, 0.15) is 17.5 Å². The standard InChI is InChI=1S/C21H24N2O5/c1-27-20(25)18(13-12-16-8-4-2-5-9-16)23-19(24)14-22-21(26)28-15-17-10-6-3-7-11-17/h2-11,18H,12-15H2,1H3,(H,22,26)(H,23,24)/t18-/m0/s1. The zero-order chi connectivity index (χ0) is 20.2. The van der Waals surface area contributed by atoms with Gasteiger partial charge in [-0.3, -0.25) is 4.79 Å². The first kappa shape index (κ1) is 21.0. The Hall–Kier alpha value is -3.35. The molecule has 2 aromatic rings.